The molecule has 1 aliphatic heterocycles. The van der Waals surface area contributed by atoms with Crippen LogP contribution in [0.4, 0.5) is 5.82 Å². The van der Waals surface area contributed by atoms with E-state index in [0.717, 1.165) is 32.5 Å². The predicted molar refractivity (Wildman–Crippen MR) is 116 cm³/mol. The number of aryl methyl sites for hydroxylation is 1. The van der Waals surface area contributed by atoms with Gasteiger partial charge in [-0.1, -0.05) is 37.1 Å². The van der Waals surface area contributed by atoms with Crippen LogP contribution in [0.2, 0.25) is 0 Å². The average molecular weight is 414 g/mol. The van der Waals surface area contributed by atoms with E-state index in [1.807, 2.05) is 24.3 Å². The molecule has 2 N–H and O–H groups in total. The van der Waals surface area contributed by atoms with E-state index in [0.29, 0.717) is 17.9 Å². The lowest BCUT2D eigenvalue weighted by Gasteiger charge is -2.23. The quantitative estimate of drug-likeness (QED) is 0.554. The van der Waals surface area contributed by atoms with E-state index >= 15 is 0 Å². The van der Waals surface area contributed by atoms with Gasteiger partial charge in [-0.15, -0.1) is 0 Å². The number of carbonyl (C=O) groups is 2. The zero-order valence-corrected chi connectivity index (χ0v) is 17.9. The Bertz CT molecular complexity index is 783. The Hall–Kier alpha value is -2.67. The molecule has 1 aliphatic rings. The number of likely N-dealkylation sites (tertiary alicyclic amines) is 1. The van der Waals surface area contributed by atoms with Gasteiger partial charge in [0.25, 0.3) is 5.91 Å². The number of unbranched alkanes of at least 4 members (excludes halogenated alkanes) is 2. The van der Waals surface area contributed by atoms with Gasteiger partial charge in [-0.05, 0) is 30.5 Å². The minimum atomic E-state index is -0.273. The highest BCUT2D eigenvalue weighted by Gasteiger charge is 2.23. The Morgan fingerprint density at radius 1 is 1.13 bits per heavy atom. The summed E-state index contributed by atoms with van der Waals surface area (Å²) in [7, 11) is 0. The smallest absolute Gasteiger partial charge is 0.254 e. The third kappa shape index (κ3) is 6.69. The third-order valence-corrected chi connectivity index (χ3v) is 5.64. The number of hydrogen-bond acceptors (Lipinski definition) is 4. The van der Waals surface area contributed by atoms with Gasteiger partial charge < -0.3 is 19.6 Å². The molecule has 1 aromatic carbocycles. The molecule has 162 valence electrons. The van der Waals surface area contributed by atoms with Gasteiger partial charge in [-0.3, -0.25) is 9.59 Å². The summed E-state index contributed by atoms with van der Waals surface area (Å²) in [6, 6.07) is 9.41. The van der Waals surface area contributed by atoms with Gasteiger partial charge in [0, 0.05) is 24.5 Å². The van der Waals surface area contributed by atoms with E-state index in [1.165, 1.54) is 42.4 Å². The van der Waals surface area contributed by atoms with Crippen molar-refractivity contribution in [3.8, 4) is 0 Å². The molecule has 1 fully saturated rings. The van der Waals surface area contributed by atoms with Gasteiger partial charge in [0.2, 0.25) is 5.91 Å². The summed E-state index contributed by atoms with van der Waals surface area (Å²) in [5, 5.41) is 6.38. The number of aromatic nitrogens is 1. The Morgan fingerprint density at radius 3 is 2.57 bits per heavy atom. The number of benzene rings is 1. The maximum Gasteiger partial charge on any atom is 0.254 e. The normalized spacial score (nSPS) is 14.0. The molecule has 0 radical (unpaired) electrons. The molecule has 0 saturated carbocycles. The number of carbonyl (C=O) groups excluding carboxylic acids is 2. The van der Waals surface area contributed by atoms with Crippen LogP contribution in [-0.2, 0) is 11.2 Å². The van der Waals surface area contributed by atoms with Crippen molar-refractivity contribution < 1.29 is 19.0 Å². The SMILES string of the molecule is CCCCCc1ccc(C(=O)N(CC[NH+]2CCCC2)CC(=O)Nc2ccon2)cc1. The van der Waals surface area contributed by atoms with Crippen molar-refractivity contribution >= 4 is 17.6 Å². The lowest BCUT2D eigenvalue weighted by Crippen LogP contribution is -3.10. The minimum absolute atomic E-state index is 0.00275. The van der Waals surface area contributed by atoms with Crippen molar-refractivity contribution in [3.63, 3.8) is 0 Å². The standard InChI is InChI=1S/C23H32N4O3/c1-2-3-4-7-19-8-10-20(11-9-19)23(29)27(16-15-26-13-5-6-14-26)18-22(28)24-21-12-17-30-25-21/h8-12,17H,2-7,13-16,18H2,1H3,(H,24,25,28)/p+1. The molecule has 2 heterocycles. The Morgan fingerprint density at radius 2 is 1.90 bits per heavy atom. The van der Waals surface area contributed by atoms with E-state index in [4.69, 9.17) is 4.52 Å². The monoisotopic (exact) mass is 413 g/mol. The van der Waals surface area contributed by atoms with E-state index in [9.17, 15) is 9.59 Å². The molecular weight excluding hydrogens is 380 g/mol. The molecule has 0 bridgehead atoms. The van der Waals surface area contributed by atoms with Gasteiger partial charge in [0.05, 0.1) is 26.2 Å². The second kappa shape index (κ2) is 11.5. The zero-order valence-electron chi connectivity index (χ0n) is 17.9. The molecule has 2 aromatic rings. The molecule has 0 atom stereocenters. The second-order valence-corrected chi connectivity index (χ2v) is 8.02. The first kappa shape index (κ1) is 22.0. The van der Waals surface area contributed by atoms with Crippen LogP contribution in [-0.4, -0.2) is 54.6 Å². The molecular formula is C23H33N4O3+. The molecule has 7 nitrogen and oxygen atoms in total. The summed E-state index contributed by atoms with van der Waals surface area (Å²) in [4.78, 5) is 28.8. The number of nitrogens with zero attached hydrogens (tertiary/aromatic N) is 2. The van der Waals surface area contributed by atoms with E-state index in [2.05, 4.69) is 17.4 Å². The van der Waals surface area contributed by atoms with Crippen molar-refractivity contribution in [2.45, 2.75) is 45.4 Å². The van der Waals surface area contributed by atoms with E-state index in [-0.39, 0.29) is 18.4 Å². The third-order valence-electron chi connectivity index (χ3n) is 5.64. The van der Waals surface area contributed by atoms with Crippen molar-refractivity contribution in [2.75, 3.05) is 38.0 Å². The van der Waals surface area contributed by atoms with Gasteiger partial charge >= 0.3 is 0 Å². The molecule has 0 unspecified atom stereocenters. The van der Waals surface area contributed by atoms with Crippen LogP contribution in [0.25, 0.3) is 0 Å². The van der Waals surface area contributed by atoms with Crippen LogP contribution in [0.15, 0.2) is 41.1 Å². The number of nitrogens with one attached hydrogen (secondary N) is 2. The van der Waals surface area contributed by atoms with Crippen LogP contribution in [0, 0.1) is 0 Å². The Labute approximate surface area is 178 Å². The molecule has 1 saturated heterocycles. The number of anilines is 1. The lowest BCUT2D eigenvalue weighted by atomic mass is 10.0. The number of amides is 2. The summed E-state index contributed by atoms with van der Waals surface area (Å²) in [6.07, 6.45) is 8.47. The highest BCUT2D eigenvalue weighted by molar-refractivity contribution is 5.99. The molecule has 7 heteroatoms. The molecule has 0 spiro atoms. The predicted octanol–water partition coefficient (Wildman–Crippen LogP) is 2.17. The van der Waals surface area contributed by atoms with Crippen LogP contribution < -0.4 is 10.2 Å². The maximum absolute atomic E-state index is 13.2. The summed E-state index contributed by atoms with van der Waals surface area (Å²) in [5.41, 5.74) is 1.87. The number of rotatable bonds is 11. The van der Waals surface area contributed by atoms with Crippen LogP contribution >= 0.6 is 0 Å². The molecule has 2 amide bonds. The van der Waals surface area contributed by atoms with Crippen molar-refractivity contribution in [3.05, 3.63) is 47.7 Å². The van der Waals surface area contributed by atoms with Gasteiger partial charge in [0.15, 0.2) is 5.82 Å². The fourth-order valence-corrected chi connectivity index (χ4v) is 3.88. The topological polar surface area (TPSA) is 79.9 Å². The van der Waals surface area contributed by atoms with Gasteiger partial charge in [-0.2, -0.15) is 0 Å². The highest BCUT2D eigenvalue weighted by Crippen LogP contribution is 2.11. The summed E-state index contributed by atoms with van der Waals surface area (Å²) >= 11 is 0. The number of hydrogen-bond donors (Lipinski definition) is 2. The molecule has 30 heavy (non-hydrogen) atoms. The summed E-state index contributed by atoms with van der Waals surface area (Å²) in [5.74, 6) is -0.0251. The minimum Gasteiger partial charge on any atom is -0.363 e. The summed E-state index contributed by atoms with van der Waals surface area (Å²) in [6.45, 7) is 5.88. The largest absolute Gasteiger partial charge is 0.363 e. The maximum atomic E-state index is 13.2. The fourth-order valence-electron chi connectivity index (χ4n) is 3.88. The number of quaternary nitrogens is 1. The zero-order chi connectivity index (χ0) is 21.2. The fraction of sp³-hybridized carbons (Fsp3) is 0.522. The average Bonchev–Trinajstić information content (AvgIpc) is 3.45. The van der Waals surface area contributed by atoms with Crippen LogP contribution in [0.1, 0.15) is 54.9 Å². The first-order chi connectivity index (χ1) is 14.7. The first-order valence-electron chi connectivity index (χ1n) is 11.1. The second-order valence-electron chi connectivity index (χ2n) is 8.02. The molecule has 0 aliphatic carbocycles. The Kier molecular flexibility index (Phi) is 8.44. The molecule has 3 rings (SSSR count). The van der Waals surface area contributed by atoms with Crippen molar-refractivity contribution in [1.82, 2.24) is 10.1 Å². The summed E-state index contributed by atoms with van der Waals surface area (Å²) < 4.78 is 4.75. The van der Waals surface area contributed by atoms with E-state index < -0.39 is 0 Å². The highest BCUT2D eigenvalue weighted by atomic mass is 16.5. The molecule has 1 aromatic heterocycles. The van der Waals surface area contributed by atoms with Crippen molar-refractivity contribution in [1.29, 1.82) is 0 Å². The van der Waals surface area contributed by atoms with Gasteiger partial charge in [0.1, 0.15) is 12.8 Å². The lowest BCUT2D eigenvalue weighted by molar-refractivity contribution is -0.886. The van der Waals surface area contributed by atoms with Crippen LogP contribution in [0.5, 0.6) is 0 Å². The van der Waals surface area contributed by atoms with E-state index in [1.54, 1.807) is 11.0 Å². The van der Waals surface area contributed by atoms with Crippen LogP contribution in [0.3, 0.4) is 0 Å². The first-order valence-corrected chi connectivity index (χ1v) is 11.1. The van der Waals surface area contributed by atoms with Crippen molar-refractivity contribution in [2.24, 2.45) is 0 Å². The van der Waals surface area contributed by atoms with Gasteiger partial charge in [-0.25, -0.2) is 0 Å². The Balaban J connectivity index is 1.62.